The molecule has 1 fully saturated rings. The molecule has 132 valence electrons. The lowest BCUT2D eigenvalue weighted by molar-refractivity contribution is -0.0688. The molecule has 0 amide bonds. The Morgan fingerprint density at radius 3 is 2.09 bits per heavy atom. The average Bonchev–Trinajstić information content (AvgIpc) is 2.24. The SMILES string of the molecule is O=S(=O)(O)N[C@@H]1COC(COS(=O)(=O)O)CC1OS(=O)(=O)O. The second-order valence-electron chi connectivity index (χ2n) is 4.17. The van der Waals surface area contributed by atoms with Crippen LogP contribution in [0.4, 0.5) is 0 Å². The van der Waals surface area contributed by atoms with Gasteiger partial charge < -0.3 is 4.74 Å². The minimum absolute atomic E-state index is 0.428. The van der Waals surface area contributed by atoms with E-state index in [9.17, 15) is 25.3 Å². The van der Waals surface area contributed by atoms with Crippen LogP contribution in [-0.4, -0.2) is 70.4 Å². The van der Waals surface area contributed by atoms with Gasteiger partial charge in [0.15, 0.2) is 0 Å². The molecule has 2 unspecified atom stereocenters. The van der Waals surface area contributed by atoms with Crippen LogP contribution >= 0.6 is 0 Å². The van der Waals surface area contributed by atoms with Gasteiger partial charge in [-0.3, -0.25) is 13.7 Å². The Labute approximate surface area is 126 Å². The lowest BCUT2D eigenvalue weighted by atomic mass is 10.0. The van der Waals surface area contributed by atoms with Gasteiger partial charge in [-0.1, -0.05) is 0 Å². The highest BCUT2D eigenvalue weighted by atomic mass is 32.3. The summed E-state index contributed by atoms with van der Waals surface area (Å²) in [7, 11) is -14.4. The molecule has 3 atom stereocenters. The molecule has 0 aromatic heterocycles. The highest BCUT2D eigenvalue weighted by molar-refractivity contribution is 7.83. The second-order valence-corrected chi connectivity index (χ2v) is 7.49. The van der Waals surface area contributed by atoms with Crippen LogP contribution in [0.1, 0.15) is 6.42 Å². The van der Waals surface area contributed by atoms with E-state index >= 15 is 0 Å². The zero-order valence-electron chi connectivity index (χ0n) is 10.6. The van der Waals surface area contributed by atoms with E-state index in [1.54, 1.807) is 4.72 Å². The summed E-state index contributed by atoms with van der Waals surface area (Å²) < 4.78 is 104. The Balaban J connectivity index is 2.79. The van der Waals surface area contributed by atoms with Crippen LogP contribution in [0.15, 0.2) is 0 Å². The van der Waals surface area contributed by atoms with Gasteiger partial charge >= 0.3 is 31.1 Å². The zero-order chi connectivity index (χ0) is 17.2. The van der Waals surface area contributed by atoms with Crippen molar-refractivity contribution in [2.45, 2.75) is 24.7 Å². The maximum atomic E-state index is 10.7. The molecule has 1 aliphatic heterocycles. The Bertz CT molecular complexity index is 680. The molecule has 0 aliphatic carbocycles. The van der Waals surface area contributed by atoms with Gasteiger partial charge in [-0.2, -0.15) is 30.0 Å². The van der Waals surface area contributed by atoms with Gasteiger partial charge in [0.1, 0.15) is 6.10 Å². The summed E-state index contributed by atoms with van der Waals surface area (Å²) in [5.41, 5.74) is 0. The third kappa shape index (κ3) is 8.27. The largest absolute Gasteiger partial charge is 0.397 e. The maximum Gasteiger partial charge on any atom is 0.397 e. The molecule has 0 spiro atoms. The van der Waals surface area contributed by atoms with Gasteiger partial charge in [0.25, 0.3) is 0 Å². The maximum absolute atomic E-state index is 10.7. The molecule has 0 radical (unpaired) electrons. The lowest BCUT2D eigenvalue weighted by Crippen LogP contribution is -2.53. The Morgan fingerprint density at radius 2 is 1.64 bits per heavy atom. The molecule has 16 heteroatoms. The van der Waals surface area contributed by atoms with E-state index in [1.165, 1.54) is 0 Å². The Morgan fingerprint density at radius 1 is 1.05 bits per heavy atom. The van der Waals surface area contributed by atoms with Crippen LogP contribution in [0.5, 0.6) is 0 Å². The van der Waals surface area contributed by atoms with Crippen molar-refractivity contribution < 1.29 is 52.0 Å². The van der Waals surface area contributed by atoms with Crippen molar-refractivity contribution in [3.8, 4) is 0 Å². The van der Waals surface area contributed by atoms with Crippen LogP contribution in [0, 0.1) is 0 Å². The van der Waals surface area contributed by atoms with Gasteiger partial charge in [-0.15, -0.1) is 0 Å². The average molecular weight is 387 g/mol. The van der Waals surface area contributed by atoms with E-state index < -0.39 is 69.0 Å². The van der Waals surface area contributed by atoms with Crippen molar-refractivity contribution in [2.75, 3.05) is 13.2 Å². The van der Waals surface area contributed by atoms with E-state index in [4.69, 9.17) is 18.4 Å². The predicted molar refractivity (Wildman–Crippen MR) is 66.8 cm³/mol. The molecule has 0 aromatic carbocycles. The summed E-state index contributed by atoms with van der Waals surface area (Å²) in [4.78, 5) is 0. The van der Waals surface area contributed by atoms with Gasteiger partial charge in [0.05, 0.1) is 25.4 Å². The quantitative estimate of drug-likeness (QED) is 0.336. The summed E-state index contributed by atoms with van der Waals surface area (Å²) in [6.07, 6.45) is -3.03. The lowest BCUT2D eigenvalue weighted by Gasteiger charge is -2.34. The van der Waals surface area contributed by atoms with Crippen molar-refractivity contribution in [1.82, 2.24) is 4.72 Å². The van der Waals surface area contributed by atoms with Crippen LogP contribution in [0.25, 0.3) is 0 Å². The molecule has 1 rings (SSSR count). The van der Waals surface area contributed by atoms with E-state index in [0.29, 0.717) is 0 Å². The molecule has 4 N–H and O–H groups in total. The third-order valence-electron chi connectivity index (χ3n) is 2.40. The Hall–Kier alpha value is -0.430. The molecule has 1 aliphatic rings. The summed E-state index contributed by atoms with van der Waals surface area (Å²) in [6, 6.07) is -1.38. The van der Waals surface area contributed by atoms with Crippen LogP contribution in [0.2, 0.25) is 0 Å². The molecule has 0 saturated carbocycles. The van der Waals surface area contributed by atoms with Crippen LogP contribution < -0.4 is 4.72 Å². The normalized spacial score (nSPS) is 27.7. The summed E-state index contributed by atoms with van der Waals surface area (Å²) in [5, 5.41) is 0. The van der Waals surface area contributed by atoms with E-state index in [2.05, 4.69) is 8.37 Å². The second kappa shape index (κ2) is 6.99. The fourth-order valence-electron chi connectivity index (χ4n) is 1.68. The van der Waals surface area contributed by atoms with E-state index in [-0.39, 0.29) is 0 Å². The van der Waals surface area contributed by atoms with Crippen molar-refractivity contribution in [3.05, 3.63) is 0 Å². The first-order chi connectivity index (χ1) is 9.75. The molecule has 1 heterocycles. The standard InChI is InChI=1S/C6H13NO12S3/c8-20(9,10)7-5-3-17-4(2-18-21(11,12)13)1-6(5)19-22(14,15)16/h4-7H,1-3H2,(H,8,9,10)(H,11,12,13)(H,14,15,16)/t4?,5-,6?/m1/s1. The van der Waals surface area contributed by atoms with E-state index in [0.717, 1.165) is 0 Å². The topological polar surface area (TPSA) is 203 Å². The minimum atomic E-state index is -4.96. The van der Waals surface area contributed by atoms with E-state index in [1.807, 2.05) is 0 Å². The molecular formula is C6H13NO12S3. The molecular weight excluding hydrogens is 374 g/mol. The van der Waals surface area contributed by atoms with Gasteiger partial charge in [0.2, 0.25) is 0 Å². The monoisotopic (exact) mass is 387 g/mol. The first-order valence-electron chi connectivity index (χ1n) is 5.39. The summed E-state index contributed by atoms with van der Waals surface area (Å²) in [5.74, 6) is 0. The van der Waals surface area contributed by atoms with Crippen molar-refractivity contribution in [2.24, 2.45) is 0 Å². The van der Waals surface area contributed by atoms with Gasteiger partial charge in [-0.05, 0) is 0 Å². The molecule has 1 saturated heterocycles. The van der Waals surface area contributed by atoms with Gasteiger partial charge in [-0.25, -0.2) is 8.37 Å². The number of ether oxygens (including phenoxy) is 1. The predicted octanol–water partition coefficient (Wildman–Crippen LogP) is -2.46. The molecule has 0 bridgehead atoms. The van der Waals surface area contributed by atoms with Gasteiger partial charge in [0, 0.05) is 6.42 Å². The number of rotatable bonds is 7. The number of nitrogens with one attached hydrogen (secondary N) is 1. The highest BCUT2D eigenvalue weighted by Gasteiger charge is 2.37. The van der Waals surface area contributed by atoms with Crippen molar-refractivity contribution in [1.29, 1.82) is 0 Å². The number of hydrogen-bond acceptors (Lipinski definition) is 9. The first kappa shape index (κ1) is 19.6. The fraction of sp³-hybridized carbons (Fsp3) is 1.00. The van der Waals surface area contributed by atoms with Crippen LogP contribution in [0.3, 0.4) is 0 Å². The van der Waals surface area contributed by atoms with Crippen molar-refractivity contribution in [3.63, 3.8) is 0 Å². The Kier molecular flexibility index (Phi) is 6.23. The molecule has 0 aromatic rings. The highest BCUT2D eigenvalue weighted by Crippen LogP contribution is 2.20. The van der Waals surface area contributed by atoms with Crippen molar-refractivity contribution >= 4 is 31.1 Å². The summed E-state index contributed by atoms with van der Waals surface area (Å²) >= 11 is 0. The molecule has 13 nitrogen and oxygen atoms in total. The molecule has 22 heavy (non-hydrogen) atoms. The fourth-order valence-corrected chi connectivity index (χ4v) is 3.13. The zero-order valence-corrected chi connectivity index (χ0v) is 13.0. The third-order valence-corrected chi connectivity index (χ3v) is 3.93. The minimum Gasteiger partial charge on any atom is -0.374 e. The smallest absolute Gasteiger partial charge is 0.374 e. The first-order valence-corrected chi connectivity index (χ1v) is 9.56. The summed E-state index contributed by atoms with van der Waals surface area (Å²) in [6.45, 7) is -1.23. The van der Waals surface area contributed by atoms with Crippen LogP contribution in [-0.2, 0) is 44.2 Å². The number of hydrogen-bond donors (Lipinski definition) is 4.